The summed E-state index contributed by atoms with van der Waals surface area (Å²) in [7, 11) is 0. The first kappa shape index (κ1) is 14.8. The van der Waals surface area contributed by atoms with E-state index in [0.29, 0.717) is 18.2 Å². The Morgan fingerprint density at radius 1 is 1.14 bits per heavy atom. The van der Waals surface area contributed by atoms with E-state index in [1.165, 1.54) is 6.07 Å². The maximum absolute atomic E-state index is 13.5. The zero-order valence-corrected chi connectivity index (χ0v) is 10.3. The van der Waals surface area contributed by atoms with E-state index in [2.05, 4.69) is 4.98 Å². The molecule has 0 bridgehead atoms. The summed E-state index contributed by atoms with van der Waals surface area (Å²) in [5.74, 6) is -1.84. The van der Waals surface area contributed by atoms with Crippen molar-refractivity contribution in [3.05, 3.63) is 63.8 Å². The third kappa shape index (κ3) is 3.47. The molecule has 8 heteroatoms. The zero-order chi connectivity index (χ0) is 15.6. The number of nitrogens with one attached hydrogen (secondary N) is 2. The van der Waals surface area contributed by atoms with Gasteiger partial charge in [-0.3, -0.25) is 9.59 Å². The number of pyridine rings is 1. The van der Waals surface area contributed by atoms with Crippen molar-refractivity contribution in [2.24, 2.45) is 0 Å². The van der Waals surface area contributed by atoms with Crippen molar-refractivity contribution in [1.29, 1.82) is 0 Å². The van der Waals surface area contributed by atoms with E-state index in [-0.39, 0.29) is 5.56 Å². The summed E-state index contributed by atoms with van der Waals surface area (Å²) >= 11 is 0. The Morgan fingerprint density at radius 3 is 2.43 bits per heavy atom. The molecular weight excluding hydrogens is 292 g/mol. The van der Waals surface area contributed by atoms with Crippen LogP contribution in [0.1, 0.15) is 15.9 Å². The van der Waals surface area contributed by atoms with Crippen LogP contribution in [0.5, 0.6) is 0 Å². The van der Waals surface area contributed by atoms with Crippen molar-refractivity contribution in [2.45, 2.75) is 6.18 Å². The largest absolute Gasteiger partial charge is 0.416 e. The third-order valence-corrected chi connectivity index (χ3v) is 2.59. The average molecular weight is 300 g/mol. The summed E-state index contributed by atoms with van der Waals surface area (Å²) in [6, 6.07) is 3.92. The molecule has 0 unspecified atom stereocenters. The van der Waals surface area contributed by atoms with Crippen molar-refractivity contribution in [1.82, 2.24) is 4.98 Å². The standard InChI is InChI=1S/C13H8F4N2O2/c14-9-3-2-8(13(15,16)17)5-10(9)19-12(21)7-1-4-11(20)18-6-7/h1-6H,(H,18,20)(H,19,21). The first-order chi connectivity index (χ1) is 9.77. The van der Waals surface area contributed by atoms with Crippen LogP contribution in [0, 0.1) is 5.82 Å². The molecule has 2 rings (SSSR count). The van der Waals surface area contributed by atoms with Gasteiger partial charge in [-0.15, -0.1) is 0 Å². The van der Waals surface area contributed by atoms with Crippen LogP contribution in [0.25, 0.3) is 0 Å². The number of halogens is 4. The lowest BCUT2D eigenvalue weighted by Crippen LogP contribution is -2.16. The average Bonchev–Trinajstić information content (AvgIpc) is 2.40. The van der Waals surface area contributed by atoms with Crippen molar-refractivity contribution in [2.75, 3.05) is 5.32 Å². The Labute approximate surface area is 115 Å². The fourth-order valence-corrected chi connectivity index (χ4v) is 1.54. The van der Waals surface area contributed by atoms with Crippen LogP contribution in [-0.2, 0) is 6.18 Å². The number of aromatic amines is 1. The number of amides is 1. The van der Waals surface area contributed by atoms with E-state index in [1.54, 1.807) is 0 Å². The van der Waals surface area contributed by atoms with Gasteiger partial charge in [0.05, 0.1) is 16.8 Å². The summed E-state index contributed by atoms with van der Waals surface area (Å²) in [6.45, 7) is 0. The molecule has 110 valence electrons. The number of carbonyl (C=O) groups is 1. The van der Waals surface area contributed by atoms with E-state index < -0.39 is 34.7 Å². The van der Waals surface area contributed by atoms with E-state index in [0.717, 1.165) is 12.3 Å². The summed E-state index contributed by atoms with van der Waals surface area (Å²) in [5.41, 5.74) is -2.15. The van der Waals surface area contributed by atoms with Gasteiger partial charge in [0.15, 0.2) is 0 Å². The Morgan fingerprint density at radius 2 is 1.86 bits per heavy atom. The lowest BCUT2D eigenvalue weighted by atomic mass is 10.1. The maximum atomic E-state index is 13.5. The highest BCUT2D eigenvalue weighted by molar-refractivity contribution is 6.04. The molecule has 2 N–H and O–H groups in total. The van der Waals surface area contributed by atoms with Crippen LogP contribution < -0.4 is 10.9 Å². The summed E-state index contributed by atoms with van der Waals surface area (Å²) < 4.78 is 51.0. The lowest BCUT2D eigenvalue weighted by Gasteiger charge is -2.10. The van der Waals surface area contributed by atoms with Gasteiger partial charge in [0, 0.05) is 12.3 Å². The SMILES string of the molecule is O=C(Nc1cc(C(F)(F)F)ccc1F)c1ccc(=O)[nH]c1. The van der Waals surface area contributed by atoms with Gasteiger partial charge in [-0.25, -0.2) is 4.39 Å². The van der Waals surface area contributed by atoms with E-state index in [4.69, 9.17) is 0 Å². The predicted molar refractivity (Wildman–Crippen MR) is 66.4 cm³/mol. The smallest absolute Gasteiger partial charge is 0.328 e. The molecule has 0 spiro atoms. The molecule has 0 aliphatic carbocycles. The fourth-order valence-electron chi connectivity index (χ4n) is 1.54. The third-order valence-electron chi connectivity index (χ3n) is 2.59. The van der Waals surface area contributed by atoms with Gasteiger partial charge in [-0.1, -0.05) is 0 Å². The normalized spacial score (nSPS) is 11.2. The molecule has 1 aromatic heterocycles. The number of alkyl halides is 3. The fraction of sp³-hybridized carbons (Fsp3) is 0.0769. The number of hydrogen-bond acceptors (Lipinski definition) is 2. The molecule has 4 nitrogen and oxygen atoms in total. The monoisotopic (exact) mass is 300 g/mol. The Hall–Kier alpha value is -2.64. The number of carbonyl (C=O) groups excluding carboxylic acids is 1. The predicted octanol–water partition coefficient (Wildman–Crippen LogP) is 2.79. The van der Waals surface area contributed by atoms with E-state index in [1.807, 2.05) is 5.32 Å². The summed E-state index contributed by atoms with van der Waals surface area (Å²) in [6.07, 6.45) is -3.58. The summed E-state index contributed by atoms with van der Waals surface area (Å²) in [4.78, 5) is 24.8. The Kier molecular flexibility index (Phi) is 3.79. The van der Waals surface area contributed by atoms with Crippen LogP contribution in [0.2, 0.25) is 0 Å². The van der Waals surface area contributed by atoms with Gasteiger partial charge in [0.25, 0.3) is 5.91 Å². The van der Waals surface area contributed by atoms with Gasteiger partial charge in [-0.05, 0) is 24.3 Å². The van der Waals surface area contributed by atoms with Crippen molar-refractivity contribution in [3.63, 3.8) is 0 Å². The second-order valence-electron chi connectivity index (χ2n) is 4.09. The van der Waals surface area contributed by atoms with E-state index in [9.17, 15) is 27.2 Å². The molecule has 0 radical (unpaired) electrons. The minimum atomic E-state index is -4.65. The highest BCUT2D eigenvalue weighted by Crippen LogP contribution is 2.31. The molecule has 0 fully saturated rings. The molecule has 2 aromatic rings. The second-order valence-corrected chi connectivity index (χ2v) is 4.09. The number of benzene rings is 1. The molecule has 0 atom stereocenters. The van der Waals surface area contributed by atoms with Crippen molar-refractivity contribution < 1.29 is 22.4 Å². The van der Waals surface area contributed by atoms with E-state index >= 15 is 0 Å². The Balaban J connectivity index is 2.28. The van der Waals surface area contributed by atoms with Crippen LogP contribution in [0.15, 0.2) is 41.3 Å². The zero-order valence-electron chi connectivity index (χ0n) is 10.3. The Bertz CT molecular complexity index is 717. The summed E-state index contributed by atoms with van der Waals surface area (Å²) in [5, 5.41) is 2.02. The number of aromatic nitrogens is 1. The van der Waals surface area contributed by atoms with Crippen LogP contribution in [-0.4, -0.2) is 10.9 Å². The molecule has 1 aromatic carbocycles. The highest BCUT2D eigenvalue weighted by atomic mass is 19.4. The van der Waals surface area contributed by atoms with Crippen molar-refractivity contribution >= 4 is 11.6 Å². The molecule has 0 aliphatic heterocycles. The second kappa shape index (κ2) is 5.39. The first-order valence-electron chi connectivity index (χ1n) is 5.64. The quantitative estimate of drug-likeness (QED) is 0.838. The molecule has 0 saturated carbocycles. The molecular formula is C13H8F4N2O2. The van der Waals surface area contributed by atoms with Gasteiger partial charge < -0.3 is 10.3 Å². The van der Waals surface area contributed by atoms with Crippen LogP contribution in [0.4, 0.5) is 23.2 Å². The number of rotatable bonds is 2. The van der Waals surface area contributed by atoms with Gasteiger partial charge in [-0.2, -0.15) is 13.2 Å². The molecule has 0 aliphatic rings. The molecule has 21 heavy (non-hydrogen) atoms. The van der Waals surface area contributed by atoms with Crippen molar-refractivity contribution in [3.8, 4) is 0 Å². The topological polar surface area (TPSA) is 62.0 Å². The maximum Gasteiger partial charge on any atom is 0.416 e. The molecule has 1 amide bonds. The highest BCUT2D eigenvalue weighted by Gasteiger charge is 2.31. The van der Waals surface area contributed by atoms with Crippen LogP contribution in [0.3, 0.4) is 0 Å². The van der Waals surface area contributed by atoms with Crippen LogP contribution >= 0.6 is 0 Å². The minimum absolute atomic E-state index is 0.0218. The minimum Gasteiger partial charge on any atom is -0.328 e. The molecule has 1 heterocycles. The number of anilines is 1. The van der Waals surface area contributed by atoms with Gasteiger partial charge >= 0.3 is 6.18 Å². The number of H-pyrrole nitrogens is 1. The van der Waals surface area contributed by atoms with Gasteiger partial charge in [0.2, 0.25) is 5.56 Å². The first-order valence-corrected chi connectivity index (χ1v) is 5.64. The number of hydrogen-bond donors (Lipinski definition) is 2. The van der Waals surface area contributed by atoms with Gasteiger partial charge in [0.1, 0.15) is 5.82 Å². The lowest BCUT2D eigenvalue weighted by molar-refractivity contribution is -0.137. The molecule has 0 saturated heterocycles.